The first kappa shape index (κ1) is 18.3. The van der Waals surface area contributed by atoms with Gasteiger partial charge in [0.1, 0.15) is 0 Å². The van der Waals surface area contributed by atoms with Gasteiger partial charge >= 0.3 is 0 Å². The van der Waals surface area contributed by atoms with Crippen LogP contribution in [-0.2, 0) is 11.2 Å². The number of rotatable bonds is 4. The first-order chi connectivity index (χ1) is 13.6. The molecule has 4 rings (SSSR count). The van der Waals surface area contributed by atoms with E-state index >= 15 is 0 Å². The van der Waals surface area contributed by atoms with Crippen molar-refractivity contribution in [2.24, 2.45) is 0 Å². The van der Waals surface area contributed by atoms with Crippen molar-refractivity contribution < 1.29 is 19.2 Å². The van der Waals surface area contributed by atoms with Crippen LogP contribution >= 0.6 is 0 Å². The molecule has 2 aromatic carbocycles. The average Bonchev–Trinajstić information content (AvgIpc) is 3.07. The van der Waals surface area contributed by atoms with Crippen LogP contribution in [0.5, 0.6) is 11.5 Å². The largest absolute Gasteiger partial charge is 0.490 e. The van der Waals surface area contributed by atoms with Gasteiger partial charge in [0.05, 0.1) is 30.6 Å². The molecule has 0 N–H and O–H groups in total. The number of amides is 1. The molecule has 0 spiro atoms. The standard InChI is InChI=1S/C21H22N2O5/c24-21(14-15-5-1-2-6-18(15)23(25)26)22-10-3-7-17(22)16-8-9-19-20(13-16)28-12-4-11-27-19/h1-2,5-6,8-9,13,17H,3-4,7,10-12,14H2/t17-/m1/s1. The molecule has 2 aromatic rings. The van der Waals surface area contributed by atoms with E-state index in [0.717, 1.165) is 30.6 Å². The molecule has 1 fully saturated rings. The molecule has 7 heteroatoms. The molecule has 0 saturated carbocycles. The van der Waals surface area contributed by atoms with Crippen LogP contribution in [0, 0.1) is 10.1 Å². The maximum atomic E-state index is 13.0. The highest BCUT2D eigenvalue weighted by molar-refractivity contribution is 5.80. The van der Waals surface area contributed by atoms with Crippen molar-refractivity contribution in [1.82, 2.24) is 4.90 Å². The second-order valence-electron chi connectivity index (χ2n) is 7.06. The summed E-state index contributed by atoms with van der Waals surface area (Å²) < 4.78 is 11.5. The zero-order valence-corrected chi connectivity index (χ0v) is 15.5. The van der Waals surface area contributed by atoms with Crippen molar-refractivity contribution in [3.8, 4) is 11.5 Å². The second kappa shape index (κ2) is 7.88. The van der Waals surface area contributed by atoms with Gasteiger partial charge in [0.25, 0.3) is 5.69 Å². The zero-order chi connectivity index (χ0) is 19.5. The van der Waals surface area contributed by atoms with Crippen molar-refractivity contribution in [2.75, 3.05) is 19.8 Å². The van der Waals surface area contributed by atoms with Gasteiger partial charge in [-0.3, -0.25) is 14.9 Å². The predicted molar refractivity (Wildman–Crippen MR) is 103 cm³/mol. The average molecular weight is 382 g/mol. The first-order valence-corrected chi connectivity index (χ1v) is 9.55. The maximum absolute atomic E-state index is 13.0. The van der Waals surface area contributed by atoms with Crippen molar-refractivity contribution in [2.45, 2.75) is 31.7 Å². The summed E-state index contributed by atoms with van der Waals surface area (Å²) >= 11 is 0. The van der Waals surface area contributed by atoms with Crippen LogP contribution in [0.15, 0.2) is 42.5 Å². The van der Waals surface area contributed by atoms with Gasteiger partial charge in [0, 0.05) is 24.6 Å². The van der Waals surface area contributed by atoms with Crippen LogP contribution in [-0.4, -0.2) is 35.5 Å². The van der Waals surface area contributed by atoms with E-state index in [9.17, 15) is 14.9 Å². The highest BCUT2D eigenvalue weighted by atomic mass is 16.6. The Bertz CT molecular complexity index is 898. The summed E-state index contributed by atoms with van der Waals surface area (Å²) in [4.78, 5) is 25.6. The minimum absolute atomic E-state index is 0.0119. The Labute approximate surface area is 163 Å². The molecule has 146 valence electrons. The van der Waals surface area contributed by atoms with E-state index in [0.29, 0.717) is 31.1 Å². The molecular formula is C21H22N2O5. The van der Waals surface area contributed by atoms with Crippen LogP contribution in [0.4, 0.5) is 5.69 Å². The molecule has 28 heavy (non-hydrogen) atoms. The van der Waals surface area contributed by atoms with Gasteiger partial charge in [-0.05, 0) is 30.5 Å². The molecule has 1 amide bonds. The molecule has 0 aliphatic carbocycles. The number of hydrogen-bond acceptors (Lipinski definition) is 5. The molecule has 2 aliphatic rings. The number of para-hydroxylation sites is 1. The normalized spacial score (nSPS) is 18.6. The fraction of sp³-hybridized carbons (Fsp3) is 0.381. The Balaban J connectivity index is 1.55. The number of ether oxygens (including phenoxy) is 2. The van der Waals surface area contributed by atoms with Crippen molar-refractivity contribution in [3.05, 3.63) is 63.7 Å². The summed E-state index contributed by atoms with van der Waals surface area (Å²) in [7, 11) is 0. The number of carbonyl (C=O) groups excluding carboxylic acids is 1. The number of carbonyl (C=O) groups is 1. The Morgan fingerprint density at radius 2 is 1.89 bits per heavy atom. The van der Waals surface area contributed by atoms with Gasteiger partial charge in [-0.15, -0.1) is 0 Å². The monoisotopic (exact) mass is 382 g/mol. The van der Waals surface area contributed by atoms with Crippen LogP contribution in [0.25, 0.3) is 0 Å². The Hall–Kier alpha value is -3.09. The van der Waals surface area contributed by atoms with Crippen molar-refractivity contribution in [1.29, 1.82) is 0 Å². The fourth-order valence-corrected chi connectivity index (χ4v) is 3.90. The predicted octanol–water partition coefficient (Wildman–Crippen LogP) is 3.66. The summed E-state index contributed by atoms with van der Waals surface area (Å²) in [6.07, 6.45) is 2.64. The lowest BCUT2D eigenvalue weighted by Gasteiger charge is -2.26. The number of nitro benzene ring substituents is 1. The minimum Gasteiger partial charge on any atom is -0.490 e. The molecule has 2 aliphatic heterocycles. The summed E-state index contributed by atoms with van der Waals surface area (Å²) in [5, 5.41) is 11.2. The zero-order valence-electron chi connectivity index (χ0n) is 15.5. The molecule has 0 aromatic heterocycles. The molecule has 0 bridgehead atoms. The maximum Gasteiger partial charge on any atom is 0.273 e. The number of nitro groups is 1. The third-order valence-corrected chi connectivity index (χ3v) is 5.26. The van der Waals surface area contributed by atoms with E-state index in [4.69, 9.17) is 9.47 Å². The Morgan fingerprint density at radius 3 is 2.71 bits per heavy atom. The summed E-state index contributed by atoms with van der Waals surface area (Å²) in [5.74, 6) is 1.36. The van der Waals surface area contributed by atoms with Crippen LogP contribution in [0.3, 0.4) is 0 Å². The van der Waals surface area contributed by atoms with E-state index in [1.165, 1.54) is 6.07 Å². The van der Waals surface area contributed by atoms with E-state index in [1.54, 1.807) is 18.2 Å². The van der Waals surface area contributed by atoms with Crippen molar-refractivity contribution >= 4 is 11.6 Å². The fourth-order valence-electron chi connectivity index (χ4n) is 3.90. The molecule has 7 nitrogen and oxygen atoms in total. The van der Waals surface area contributed by atoms with Gasteiger partial charge in [-0.1, -0.05) is 24.3 Å². The van der Waals surface area contributed by atoms with Gasteiger partial charge < -0.3 is 14.4 Å². The van der Waals surface area contributed by atoms with Gasteiger partial charge in [0.2, 0.25) is 5.91 Å². The second-order valence-corrected chi connectivity index (χ2v) is 7.06. The molecule has 0 radical (unpaired) electrons. The number of likely N-dealkylation sites (tertiary alicyclic amines) is 1. The molecule has 0 unspecified atom stereocenters. The lowest BCUT2D eigenvalue weighted by Crippen LogP contribution is -2.32. The van der Waals surface area contributed by atoms with E-state index in [2.05, 4.69) is 0 Å². The molecule has 1 saturated heterocycles. The smallest absolute Gasteiger partial charge is 0.273 e. The number of fused-ring (bicyclic) bond motifs is 1. The van der Waals surface area contributed by atoms with Crippen LogP contribution < -0.4 is 9.47 Å². The summed E-state index contributed by atoms with van der Waals surface area (Å²) in [6, 6.07) is 12.2. The van der Waals surface area contributed by atoms with Crippen LogP contribution in [0.2, 0.25) is 0 Å². The SMILES string of the molecule is O=C(Cc1ccccc1[N+](=O)[O-])N1CCC[C@@H]1c1ccc2c(c1)OCCCO2. The topological polar surface area (TPSA) is 81.9 Å². The lowest BCUT2D eigenvalue weighted by atomic mass is 10.0. The summed E-state index contributed by atoms with van der Waals surface area (Å²) in [6.45, 7) is 1.90. The van der Waals surface area contributed by atoms with E-state index < -0.39 is 4.92 Å². The number of hydrogen-bond donors (Lipinski definition) is 0. The summed E-state index contributed by atoms with van der Waals surface area (Å²) in [5.41, 5.74) is 1.45. The van der Waals surface area contributed by atoms with Crippen LogP contribution in [0.1, 0.15) is 36.4 Å². The molecule has 2 heterocycles. The van der Waals surface area contributed by atoms with Gasteiger partial charge in [-0.2, -0.15) is 0 Å². The number of benzene rings is 2. The molecule has 1 atom stereocenters. The highest BCUT2D eigenvalue weighted by Crippen LogP contribution is 2.38. The Morgan fingerprint density at radius 1 is 1.11 bits per heavy atom. The Kier molecular flexibility index (Phi) is 5.14. The van der Waals surface area contributed by atoms with Crippen molar-refractivity contribution in [3.63, 3.8) is 0 Å². The quantitative estimate of drug-likeness (QED) is 0.595. The third-order valence-electron chi connectivity index (χ3n) is 5.26. The van der Waals surface area contributed by atoms with E-state index in [1.807, 2.05) is 23.1 Å². The highest BCUT2D eigenvalue weighted by Gasteiger charge is 2.31. The van der Waals surface area contributed by atoms with Gasteiger partial charge in [0.15, 0.2) is 11.5 Å². The third kappa shape index (κ3) is 3.65. The molecular weight excluding hydrogens is 360 g/mol. The first-order valence-electron chi connectivity index (χ1n) is 9.55. The lowest BCUT2D eigenvalue weighted by molar-refractivity contribution is -0.385. The minimum atomic E-state index is -0.437. The van der Waals surface area contributed by atoms with E-state index in [-0.39, 0.29) is 24.1 Å². The van der Waals surface area contributed by atoms with Gasteiger partial charge in [-0.25, -0.2) is 0 Å². The number of nitrogens with zero attached hydrogens (tertiary/aromatic N) is 2.